The van der Waals surface area contributed by atoms with E-state index in [9.17, 15) is 9.59 Å². The lowest BCUT2D eigenvalue weighted by atomic mass is 10.2. The molecule has 2 fully saturated rings. The number of carbonyl (C=O) groups is 2. The maximum absolute atomic E-state index is 11.7. The number of likely N-dealkylation sites (tertiary alicyclic amines) is 1. The second kappa shape index (κ2) is 5.41. The van der Waals surface area contributed by atoms with E-state index in [2.05, 4.69) is 5.32 Å². The van der Waals surface area contributed by atoms with Crippen LogP contribution in [0.5, 0.6) is 0 Å². The van der Waals surface area contributed by atoms with Gasteiger partial charge in [-0.2, -0.15) is 0 Å². The Kier molecular flexibility index (Phi) is 3.90. The van der Waals surface area contributed by atoms with E-state index in [1.54, 1.807) is 0 Å². The minimum absolute atomic E-state index is 0.0419. The van der Waals surface area contributed by atoms with Crippen molar-refractivity contribution in [2.45, 2.75) is 31.8 Å². The molecule has 1 unspecified atom stereocenters. The van der Waals surface area contributed by atoms with Gasteiger partial charge in [-0.05, 0) is 12.8 Å². The van der Waals surface area contributed by atoms with E-state index in [1.165, 1.54) is 4.90 Å². The molecular formula is C11H18N2O3. The molecule has 2 saturated heterocycles. The van der Waals surface area contributed by atoms with E-state index in [4.69, 9.17) is 4.74 Å². The third-order valence-electron chi connectivity index (χ3n) is 3.02. The van der Waals surface area contributed by atoms with Gasteiger partial charge < -0.3 is 10.1 Å². The summed E-state index contributed by atoms with van der Waals surface area (Å²) in [7, 11) is 0. The molecule has 1 N–H and O–H groups in total. The number of ether oxygens (including phenoxy) is 1. The van der Waals surface area contributed by atoms with Gasteiger partial charge in [0.1, 0.15) is 0 Å². The van der Waals surface area contributed by atoms with Crippen molar-refractivity contribution in [1.82, 2.24) is 10.2 Å². The number of imide groups is 1. The van der Waals surface area contributed by atoms with Gasteiger partial charge in [0, 0.05) is 25.9 Å². The number of nitrogens with zero attached hydrogens (tertiary/aromatic N) is 1. The molecule has 1 atom stereocenters. The molecule has 2 heterocycles. The van der Waals surface area contributed by atoms with Gasteiger partial charge in [-0.3, -0.25) is 14.5 Å². The minimum atomic E-state index is -0.0447. The van der Waals surface area contributed by atoms with E-state index >= 15 is 0 Å². The number of carbonyl (C=O) groups excluding carboxylic acids is 2. The quantitative estimate of drug-likeness (QED) is 0.668. The molecule has 2 aliphatic rings. The van der Waals surface area contributed by atoms with E-state index in [0.717, 1.165) is 25.9 Å². The summed E-state index contributed by atoms with van der Waals surface area (Å²) in [6, 6.07) is 0. The highest BCUT2D eigenvalue weighted by atomic mass is 16.5. The first-order valence-electron chi connectivity index (χ1n) is 5.93. The Bertz CT molecular complexity index is 256. The Hall–Kier alpha value is -0.940. The van der Waals surface area contributed by atoms with Gasteiger partial charge in [0.2, 0.25) is 11.8 Å². The molecule has 0 saturated carbocycles. The number of hydrogen-bond donors (Lipinski definition) is 1. The van der Waals surface area contributed by atoms with Gasteiger partial charge in [0.25, 0.3) is 0 Å². The van der Waals surface area contributed by atoms with E-state index in [-0.39, 0.29) is 17.9 Å². The Morgan fingerprint density at radius 1 is 1.25 bits per heavy atom. The predicted molar refractivity (Wildman–Crippen MR) is 57.8 cm³/mol. The monoisotopic (exact) mass is 226 g/mol. The van der Waals surface area contributed by atoms with Gasteiger partial charge >= 0.3 is 0 Å². The fraction of sp³-hybridized carbons (Fsp3) is 0.818. The van der Waals surface area contributed by atoms with Crippen molar-refractivity contribution in [3.05, 3.63) is 0 Å². The molecule has 16 heavy (non-hydrogen) atoms. The molecule has 0 aliphatic carbocycles. The lowest BCUT2D eigenvalue weighted by Gasteiger charge is -2.28. The first kappa shape index (κ1) is 11.5. The van der Waals surface area contributed by atoms with Crippen molar-refractivity contribution in [1.29, 1.82) is 0 Å². The Labute approximate surface area is 95.1 Å². The minimum Gasteiger partial charge on any atom is -0.374 e. The Balaban J connectivity index is 1.94. The number of rotatable bonds is 2. The topological polar surface area (TPSA) is 58.6 Å². The first-order chi connectivity index (χ1) is 7.77. The van der Waals surface area contributed by atoms with Gasteiger partial charge in [-0.15, -0.1) is 0 Å². The third kappa shape index (κ3) is 2.80. The highest BCUT2D eigenvalue weighted by Crippen LogP contribution is 2.13. The lowest BCUT2D eigenvalue weighted by Crippen LogP contribution is -2.48. The van der Waals surface area contributed by atoms with Crippen LogP contribution in [0.2, 0.25) is 0 Å². The number of amides is 2. The predicted octanol–water partition coefficient (Wildman–Crippen LogP) is -0.0960. The first-order valence-corrected chi connectivity index (χ1v) is 5.93. The zero-order valence-electron chi connectivity index (χ0n) is 9.41. The molecule has 0 radical (unpaired) electrons. The highest BCUT2D eigenvalue weighted by Gasteiger charge is 2.27. The molecule has 2 rings (SSSR count). The Morgan fingerprint density at radius 3 is 2.50 bits per heavy atom. The van der Waals surface area contributed by atoms with Crippen LogP contribution in [-0.4, -0.2) is 49.1 Å². The van der Waals surface area contributed by atoms with Crippen molar-refractivity contribution in [3.8, 4) is 0 Å². The van der Waals surface area contributed by atoms with E-state index in [0.29, 0.717) is 26.0 Å². The standard InChI is InChI=1S/C11H18N2O3/c14-10-3-1-2-4-11(15)13(10)8-9-7-12-5-6-16-9/h9,12H,1-8H2. The van der Waals surface area contributed by atoms with Gasteiger partial charge in [-0.1, -0.05) is 0 Å². The maximum atomic E-state index is 11.7. The lowest BCUT2D eigenvalue weighted by molar-refractivity contribution is -0.146. The van der Waals surface area contributed by atoms with Crippen LogP contribution >= 0.6 is 0 Å². The number of hydrogen-bond acceptors (Lipinski definition) is 4. The normalized spacial score (nSPS) is 28.0. The average molecular weight is 226 g/mol. The van der Waals surface area contributed by atoms with Gasteiger partial charge in [-0.25, -0.2) is 0 Å². The van der Waals surface area contributed by atoms with Crippen molar-refractivity contribution in [2.75, 3.05) is 26.2 Å². The SMILES string of the molecule is O=C1CCCCC(=O)N1CC1CNCCO1. The molecule has 0 spiro atoms. The number of morpholine rings is 1. The van der Waals surface area contributed by atoms with Crippen LogP contribution in [0.25, 0.3) is 0 Å². The largest absolute Gasteiger partial charge is 0.374 e. The van der Waals surface area contributed by atoms with Crippen molar-refractivity contribution < 1.29 is 14.3 Å². The summed E-state index contributed by atoms with van der Waals surface area (Å²) in [6.07, 6.45) is 2.59. The van der Waals surface area contributed by atoms with Crippen molar-refractivity contribution >= 4 is 11.8 Å². The zero-order chi connectivity index (χ0) is 11.4. The highest BCUT2D eigenvalue weighted by molar-refractivity contribution is 5.96. The van der Waals surface area contributed by atoms with Crippen LogP contribution < -0.4 is 5.32 Å². The third-order valence-corrected chi connectivity index (χ3v) is 3.02. The van der Waals surface area contributed by atoms with Crippen LogP contribution in [0, 0.1) is 0 Å². The van der Waals surface area contributed by atoms with Crippen molar-refractivity contribution in [2.24, 2.45) is 0 Å². The van der Waals surface area contributed by atoms with Crippen LogP contribution in [0.4, 0.5) is 0 Å². The summed E-state index contributed by atoms with van der Waals surface area (Å²) in [5.74, 6) is -0.0895. The van der Waals surface area contributed by atoms with E-state index < -0.39 is 0 Å². The molecule has 0 bridgehead atoms. The number of nitrogens with one attached hydrogen (secondary N) is 1. The summed E-state index contributed by atoms with van der Waals surface area (Å²) in [5, 5.41) is 3.20. The van der Waals surface area contributed by atoms with Gasteiger partial charge in [0.05, 0.1) is 19.3 Å². The maximum Gasteiger partial charge on any atom is 0.229 e. The molecule has 5 nitrogen and oxygen atoms in total. The second-order valence-electron chi connectivity index (χ2n) is 4.30. The Morgan fingerprint density at radius 2 is 1.94 bits per heavy atom. The van der Waals surface area contributed by atoms with Crippen LogP contribution in [0.15, 0.2) is 0 Å². The van der Waals surface area contributed by atoms with E-state index in [1.807, 2.05) is 0 Å². The summed E-state index contributed by atoms with van der Waals surface area (Å²) in [5.41, 5.74) is 0. The smallest absolute Gasteiger partial charge is 0.229 e. The molecule has 2 amide bonds. The second-order valence-corrected chi connectivity index (χ2v) is 4.30. The fourth-order valence-corrected chi connectivity index (χ4v) is 2.11. The summed E-state index contributed by atoms with van der Waals surface area (Å²) >= 11 is 0. The summed E-state index contributed by atoms with van der Waals surface area (Å²) in [6.45, 7) is 2.63. The summed E-state index contributed by atoms with van der Waals surface area (Å²) < 4.78 is 5.51. The van der Waals surface area contributed by atoms with Crippen LogP contribution in [0.1, 0.15) is 25.7 Å². The van der Waals surface area contributed by atoms with Crippen LogP contribution in [-0.2, 0) is 14.3 Å². The zero-order valence-corrected chi connectivity index (χ0v) is 9.41. The molecule has 0 aromatic rings. The van der Waals surface area contributed by atoms with Crippen LogP contribution in [0.3, 0.4) is 0 Å². The van der Waals surface area contributed by atoms with Crippen molar-refractivity contribution in [3.63, 3.8) is 0 Å². The molecule has 2 aliphatic heterocycles. The molecule has 0 aromatic heterocycles. The van der Waals surface area contributed by atoms with Gasteiger partial charge in [0.15, 0.2) is 0 Å². The fourth-order valence-electron chi connectivity index (χ4n) is 2.11. The molecule has 0 aromatic carbocycles. The molecule has 5 heteroatoms. The molecular weight excluding hydrogens is 208 g/mol. The molecule has 90 valence electrons. The average Bonchev–Trinajstić information content (AvgIpc) is 2.46. The summed E-state index contributed by atoms with van der Waals surface area (Å²) in [4.78, 5) is 24.8.